The molecule has 1 N–H and O–H groups in total. The second-order valence-corrected chi connectivity index (χ2v) is 11.7. The fourth-order valence-corrected chi connectivity index (χ4v) is 6.32. The summed E-state index contributed by atoms with van der Waals surface area (Å²) in [5.74, 6) is -0.912. The Labute approximate surface area is 213 Å². The van der Waals surface area contributed by atoms with Crippen molar-refractivity contribution >= 4 is 34.4 Å². The van der Waals surface area contributed by atoms with E-state index in [1.54, 1.807) is 0 Å². The van der Waals surface area contributed by atoms with Crippen LogP contribution in [0.2, 0.25) is 0 Å². The van der Waals surface area contributed by atoms with E-state index in [0.717, 1.165) is 29.3 Å². The predicted octanol–water partition coefficient (Wildman–Crippen LogP) is 4.89. The zero-order valence-corrected chi connectivity index (χ0v) is 21.5. The number of nitrogens with zero attached hydrogens (tertiary/aromatic N) is 1. The van der Waals surface area contributed by atoms with Crippen molar-refractivity contribution in [3.63, 3.8) is 0 Å². The number of rotatable bonds is 11. The Morgan fingerprint density at radius 2 is 1.71 bits per heavy atom. The maximum absolute atomic E-state index is 13.2. The molecule has 2 atom stereocenters. The molecule has 0 saturated carbocycles. The summed E-state index contributed by atoms with van der Waals surface area (Å²) < 4.78 is 19.7. The van der Waals surface area contributed by atoms with E-state index < -0.39 is 11.6 Å². The van der Waals surface area contributed by atoms with Crippen LogP contribution < -0.4 is 0 Å². The number of benzene rings is 1. The predicted molar refractivity (Wildman–Crippen MR) is 136 cm³/mol. The first-order chi connectivity index (χ1) is 16.7. The fraction of sp³-hybridized carbons (Fsp3) is 0.407. The molecule has 2 aromatic heterocycles. The number of halogens is 1. The van der Waals surface area contributed by atoms with Gasteiger partial charge < -0.3 is 14.3 Å². The minimum absolute atomic E-state index is 0.00555. The number of thiophene rings is 2. The molecule has 0 radical (unpaired) electrons. The van der Waals surface area contributed by atoms with Crippen molar-refractivity contribution in [2.24, 2.45) is 0 Å². The third-order valence-electron chi connectivity index (χ3n) is 6.65. The minimum atomic E-state index is -1.61. The quantitative estimate of drug-likeness (QED) is 0.224. The molecule has 1 aromatic carbocycles. The van der Waals surface area contributed by atoms with E-state index in [0.29, 0.717) is 29.4 Å². The molecule has 1 saturated heterocycles. The molecule has 1 aliphatic rings. The molecule has 1 aliphatic heterocycles. The lowest BCUT2D eigenvalue weighted by Gasteiger charge is -2.30. The van der Waals surface area contributed by atoms with Crippen LogP contribution in [0.15, 0.2) is 59.3 Å². The SMILES string of the molecule is C[N+]1(CCCC(=O)c2ccc(F)cc2)CCC(OC(=O)C(O)(Cc2cccs2)Cc2cccs2)C1. The number of aliphatic hydroxyl groups is 1. The minimum Gasteiger partial charge on any atom is -0.454 e. The maximum atomic E-state index is 13.2. The number of hydrogen-bond acceptors (Lipinski definition) is 6. The molecule has 0 spiro atoms. The number of hydrogen-bond donors (Lipinski definition) is 1. The van der Waals surface area contributed by atoms with E-state index in [2.05, 4.69) is 7.05 Å². The average Bonchev–Trinajstić information content (AvgIpc) is 3.58. The van der Waals surface area contributed by atoms with Crippen LogP contribution in [0, 0.1) is 5.82 Å². The maximum Gasteiger partial charge on any atom is 0.339 e. The smallest absolute Gasteiger partial charge is 0.339 e. The van der Waals surface area contributed by atoms with Gasteiger partial charge in [-0.1, -0.05) is 12.1 Å². The van der Waals surface area contributed by atoms with Crippen molar-refractivity contribution in [3.8, 4) is 0 Å². The summed E-state index contributed by atoms with van der Waals surface area (Å²) >= 11 is 3.04. The highest BCUT2D eigenvalue weighted by Gasteiger charge is 2.43. The first kappa shape index (κ1) is 25.7. The normalized spacial score (nSPS) is 20.1. The van der Waals surface area contributed by atoms with Gasteiger partial charge >= 0.3 is 5.97 Å². The number of esters is 1. The first-order valence-electron chi connectivity index (χ1n) is 11.9. The van der Waals surface area contributed by atoms with E-state index >= 15 is 0 Å². The van der Waals surface area contributed by atoms with Crippen LogP contribution in [0.1, 0.15) is 39.4 Å². The third kappa shape index (κ3) is 6.85. The summed E-state index contributed by atoms with van der Waals surface area (Å²) in [6, 6.07) is 13.3. The van der Waals surface area contributed by atoms with Gasteiger partial charge in [0, 0.05) is 47.4 Å². The number of Topliss-reactive ketones (excluding diaryl/α,β-unsaturated/α-hetero) is 1. The zero-order valence-electron chi connectivity index (χ0n) is 19.8. The van der Waals surface area contributed by atoms with Crippen LogP contribution in [0.4, 0.5) is 4.39 Å². The Kier molecular flexibility index (Phi) is 8.16. The van der Waals surface area contributed by atoms with Gasteiger partial charge in [-0.25, -0.2) is 9.18 Å². The van der Waals surface area contributed by atoms with Crippen molar-refractivity contribution in [3.05, 3.63) is 80.4 Å². The van der Waals surface area contributed by atoms with Gasteiger partial charge in [0.2, 0.25) is 0 Å². The topological polar surface area (TPSA) is 63.6 Å². The lowest BCUT2D eigenvalue weighted by Crippen LogP contribution is -2.47. The number of carbonyl (C=O) groups is 2. The monoisotopic (exact) mass is 516 g/mol. The van der Waals surface area contributed by atoms with Crippen molar-refractivity contribution in [1.29, 1.82) is 0 Å². The van der Waals surface area contributed by atoms with E-state index in [4.69, 9.17) is 4.74 Å². The highest BCUT2D eigenvalue weighted by molar-refractivity contribution is 7.10. The number of quaternary nitrogens is 1. The van der Waals surface area contributed by atoms with Crippen molar-refractivity contribution in [2.75, 3.05) is 26.7 Å². The molecule has 186 valence electrons. The Morgan fingerprint density at radius 3 is 2.29 bits per heavy atom. The largest absolute Gasteiger partial charge is 0.454 e. The second-order valence-electron chi connectivity index (χ2n) is 9.64. The van der Waals surface area contributed by atoms with Crippen LogP contribution in [0.25, 0.3) is 0 Å². The van der Waals surface area contributed by atoms with Gasteiger partial charge in [0.25, 0.3) is 0 Å². The molecular formula is C27H31FNO4S2+. The summed E-state index contributed by atoms with van der Waals surface area (Å²) in [4.78, 5) is 27.5. The molecule has 0 amide bonds. The number of likely N-dealkylation sites (tertiary alicyclic amines) is 1. The second kappa shape index (κ2) is 11.1. The summed E-state index contributed by atoms with van der Waals surface area (Å²) in [6.07, 6.45) is 2.01. The molecule has 3 heterocycles. The number of carbonyl (C=O) groups excluding carboxylic acids is 2. The number of ketones is 1. The molecular weight excluding hydrogens is 485 g/mol. The van der Waals surface area contributed by atoms with Gasteiger partial charge in [0.15, 0.2) is 17.5 Å². The van der Waals surface area contributed by atoms with Crippen LogP contribution in [-0.4, -0.2) is 59.7 Å². The molecule has 5 nitrogen and oxygen atoms in total. The Morgan fingerprint density at radius 1 is 1.09 bits per heavy atom. The molecule has 4 rings (SSSR count). The summed E-state index contributed by atoms with van der Waals surface area (Å²) in [6.45, 7) is 2.29. The molecule has 0 aliphatic carbocycles. The number of likely N-dealkylation sites (N-methyl/N-ethyl adjacent to an activating group) is 1. The summed E-state index contributed by atoms with van der Waals surface area (Å²) in [5, 5.41) is 15.3. The van der Waals surface area contributed by atoms with E-state index in [-0.39, 0.29) is 30.5 Å². The fourth-order valence-electron chi connectivity index (χ4n) is 4.70. The van der Waals surface area contributed by atoms with Gasteiger partial charge in [-0.15, -0.1) is 22.7 Å². The van der Waals surface area contributed by atoms with Crippen LogP contribution in [-0.2, 0) is 22.4 Å². The van der Waals surface area contributed by atoms with Crippen molar-refractivity contribution < 1.29 is 28.3 Å². The zero-order chi connectivity index (χ0) is 24.9. The molecule has 8 heteroatoms. The van der Waals surface area contributed by atoms with Gasteiger partial charge in [-0.2, -0.15) is 0 Å². The lowest BCUT2D eigenvalue weighted by molar-refractivity contribution is -0.899. The first-order valence-corrected chi connectivity index (χ1v) is 13.6. The Balaban J connectivity index is 1.31. The van der Waals surface area contributed by atoms with Crippen LogP contribution >= 0.6 is 22.7 Å². The molecule has 35 heavy (non-hydrogen) atoms. The molecule has 2 unspecified atom stereocenters. The Hall–Kier alpha value is -2.39. The molecule has 1 fully saturated rings. The van der Waals surface area contributed by atoms with Crippen molar-refractivity contribution in [1.82, 2.24) is 0 Å². The lowest BCUT2D eigenvalue weighted by atomic mass is 9.93. The molecule has 0 bridgehead atoms. The van der Waals surface area contributed by atoms with Crippen LogP contribution in [0.5, 0.6) is 0 Å². The highest BCUT2D eigenvalue weighted by Crippen LogP contribution is 2.28. The van der Waals surface area contributed by atoms with E-state index in [9.17, 15) is 19.1 Å². The standard InChI is InChI=1S/C27H31FNO4S2/c1-29(13-2-7-25(30)20-8-10-21(28)11-9-20)14-12-22(19-29)33-26(31)27(32,17-23-5-3-15-34-23)18-24-6-4-16-35-24/h3-6,8-11,15-16,22,32H,2,7,12-14,17-19H2,1H3/q+1. The van der Waals surface area contributed by atoms with Gasteiger partial charge in [-0.05, 0) is 47.2 Å². The Bertz CT molecular complexity index is 1080. The van der Waals surface area contributed by atoms with Crippen molar-refractivity contribution in [2.45, 2.75) is 43.8 Å². The van der Waals surface area contributed by atoms with Crippen LogP contribution in [0.3, 0.4) is 0 Å². The van der Waals surface area contributed by atoms with E-state index in [1.165, 1.54) is 46.9 Å². The van der Waals surface area contributed by atoms with E-state index in [1.807, 2.05) is 35.0 Å². The highest BCUT2D eigenvalue weighted by atomic mass is 32.1. The van der Waals surface area contributed by atoms with Gasteiger partial charge in [0.1, 0.15) is 12.4 Å². The molecule has 3 aromatic rings. The van der Waals surface area contributed by atoms with Gasteiger partial charge in [-0.3, -0.25) is 4.79 Å². The van der Waals surface area contributed by atoms with Gasteiger partial charge in [0.05, 0.1) is 20.1 Å². The number of ether oxygens (including phenoxy) is 1. The summed E-state index contributed by atoms with van der Waals surface area (Å²) in [5.41, 5.74) is -1.08. The third-order valence-corrected chi connectivity index (χ3v) is 8.40. The summed E-state index contributed by atoms with van der Waals surface area (Å²) in [7, 11) is 2.11. The average molecular weight is 517 g/mol.